The zero-order valence-corrected chi connectivity index (χ0v) is 18.0. The lowest BCUT2D eigenvalue weighted by Gasteiger charge is -2.17. The molecule has 156 valence electrons. The van der Waals surface area contributed by atoms with Crippen LogP contribution in [-0.4, -0.2) is 37.6 Å². The summed E-state index contributed by atoms with van der Waals surface area (Å²) in [4.78, 5) is 14.4. The second-order valence-corrected chi connectivity index (χ2v) is 10.4. The molecule has 0 unspecified atom stereocenters. The fourth-order valence-corrected chi connectivity index (χ4v) is 6.33. The average molecular weight is 443 g/mol. The first-order chi connectivity index (χ1) is 14.2. The summed E-state index contributed by atoms with van der Waals surface area (Å²) in [6.45, 7) is 2.75. The standard InChI is InChI=1S/C21H22N4O3S2/c1-13-4-2-7-18-16(13)11-19(29-18)30(27,28)24-17-8-9-25(21(17)26)12-14-5-3-6-15(10-14)20(22)23/h2-7,10-11,17,24H,8-9,12H2,1H3,(H3,22,23)/t17-/m0/s1. The Balaban J connectivity index is 1.49. The Morgan fingerprint density at radius 2 is 2.03 bits per heavy atom. The van der Waals surface area contributed by atoms with E-state index in [1.165, 1.54) is 11.3 Å². The maximum Gasteiger partial charge on any atom is 0.250 e. The van der Waals surface area contributed by atoms with Gasteiger partial charge in [-0.25, -0.2) is 8.42 Å². The van der Waals surface area contributed by atoms with Crippen LogP contribution in [0.3, 0.4) is 0 Å². The van der Waals surface area contributed by atoms with Crippen LogP contribution in [0.5, 0.6) is 0 Å². The Bertz CT molecular complexity index is 1250. The predicted octanol–water partition coefficient (Wildman–Crippen LogP) is 2.57. The number of hydrogen-bond acceptors (Lipinski definition) is 5. The number of fused-ring (bicyclic) bond motifs is 1. The molecule has 30 heavy (non-hydrogen) atoms. The number of likely N-dealkylation sites (tertiary alicyclic amines) is 1. The maximum absolute atomic E-state index is 12.9. The molecule has 1 amide bonds. The number of sulfonamides is 1. The largest absolute Gasteiger partial charge is 0.384 e. The first kappa shape index (κ1) is 20.5. The highest BCUT2D eigenvalue weighted by atomic mass is 32.2. The van der Waals surface area contributed by atoms with Crippen LogP contribution in [0.25, 0.3) is 10.1 Å². The van der Waals surface area contributed by atoms with E-state index in [4.69, 9.17) is 11.1 Å². The van der Waals surface area contributed by atoms with Crippen molar-refractivity contribution in [3.63, 3.8) is 0 Å². The van der Waals surface area contributed by atoms with Gasteiger partial charge in [-0.3, -0.25) is 10.2 Å². The molecule has 9 heteroatoms. The number of carbonyl (C=O) groups excluding carboxylic acids is 1. The Kier molecular flexibility index (Phi) is 5.35. The molecule has 1 saturated heterocycles. The molecule has 1 fully saturated rings. The van der Waals surface area contributed by atoms with Crippen LogP contribution < -0.4 is 10.5 Å². The molecule has 2 heterocycles. The Morgan fingerprint density at radius 3 is 2.77 bits per heavy atom. The number of benzene rings is 2. The van der Waals surface area contributed by atoms with E-state index < -0.39 is 16.1 Å². The van der Waals surface area contributed by atoms with Crippen LogP contribution in [0.15, 0.2) is 52.7 Å². The van der Waals surface area contributed by atoms with Crippen LogP contribution >= 0.6 is 11.3 Å². The van der Waals surface area contributed by atoms with E-state index in [0.717, 1.165) is 21.2 Å². The zero-order chi connectivity index (χ0) is 21.5. The van der Waals surface area contributed by atoms with E-state index in [9.17, 15) is 13.2 Å². The number of aryl methyl sites for hydroxylation is 1. The highest BCUT2D eigenvalue weighted by Gasteiger charge is 2.35. The van der Waals surface area contributed by atoms with Crippen LogP contribution in [0.2, 0.25) is 0 Å². The summed E-state index contributed by atoms with van der Waals surface area (Å²) in [6, 6.07) is 13.8. The summed E-state index contributed by atoms with van der Waals surface area (Å²) in [5, 5.41) is 8.45. The van der Waals surface area contributed by atoms with Crippen molar-refractivity contribution in [2.24, 2.45) is 5.73 Å². The molecule has 1 aliphatic rings. The number of nitrogen functional groups attached to an aromatic ring is 1. The third-order valence-electron chi connectivity index (χ3n) is 5.23. The van der Waals surface area contributed by atoms with Gasteiger partial charge in [0.2, 0.25) is 5.91 Å². The van der Waals surface area contributed by atoms with Crippen molar-refractivity contribution in [3.05, 3.63) is 65.2 Å². The molecular formula is C21H22N4O3S2. The van der Waals surface area contributed by atoms with Gasteiger partial charge in [-0.05, 0) is 48.1 Å². The molecule has 4 N–H and O–H groups in total. The summed E-state index contributed by atoms with van der Waals surface area (Å²) in [5.74, 6) is -0.280. The first-order valence-electron chi connectivity index (χ1n) is 9.48. The normalized spacial score (nSPS) is 17.0. The van der Waals surface area contributed by atoms with E-state index in [1.54, 1.807) is 29.2 Å². The number of hydrogen-bond donors (Lipinski definition) is 3. The highest BCUT2D eigenvalue weighted by Crippen LogP contribution is 2.31. The third kappa shape index (κ3) is 3.96. The number of nitrogens with two attached hydrogens (primary N) is 1. The molecule has 0 aliphatic carbocycles. The summed E-state index contributed by atoms with van der Waals surface area (Å²) in [6.07, 6.45) is 0.411. The van der Waals surface area contributed by atoms with Crippen LogP contribution in [0, 0.1) is 12.3 Å². The predicted molar refractivity (Wildman–Crippen MR) is 118 cm³/mol. The van der Waals surface area contributed by atoms with Crippen LogP contribution in [0.4, 0.5) is 0 Å². The quantitative estimate of drug-likeness (QED) is 0.402. The van der Waals surface area contributed by atoms with Gasteiger partial charge in [0.25, 0.3) is 10.0 Å². The highest BCUT2D eigenvalue weighted by molar-refractivity contribution is 7.91. The summed E-state index contributed by atoms with van der Waals surface area (Å²) in [5.41, 5.74) is 7.98. The summed E-state index contributed by atoms with van der Waals surface area (Å²) in [7, 11) is -3.79. The first-order valence-corrected chi connectivity index (χ1v) is 11.8. The molecule has 1 aliphatic heterocycles. The lowest BCUT2D eigenvalue weighted by atomic mass is 10.1. The molecular weight excluding hydrogens is 420 g/mol. The molecule has 0 spiro atoms. The number of carbonyl (C=O) groups is 1. The van der Waals surface area contributed by atoms with Gasteiger partial charge in [-0.1, -0.05) is 30.3 Å². The van der Waals surface area contributed by atoms with E-state index >= 15 is 0 Å². The fourth-order valence-electron chi connectivity index (χ4n) is 3.62. The van der Waals surface area contributed by atoms with Crippen molar-refractivity contribution < 1.29 is 13.2 Å². The molecule has 4 rings (SSSR count). The Morgan fingerprint density at radius 1 is 1.27 bits per heavy atom. The van der Waals surface area contributed by atoms with Crippen molar-refractivity contribution in [1.82, 2.24) is 9.62 Å². The number of thiophene rings is 1. The van der Waals surface area contributed by atoms with Crippen molar-refractivity contribution in [1.29, 1.82) is 5.41 Å². The monoisotopic (exact) mass is 442 g/mol. The number of nitrogens with one attached hydrogen (secondary N) is 2. The van der Waals surface area contributed by atoms with Crippen molar-refractivity contribution >= 4 is 43.2 Å². The lowest BCUT2D eigenvalue weighted by Crippen LogP contribution is -2.41. The summed E-state index contributed by atoms with van der Waals surface area (Å²) < 4.78 is 29.5. The maximum atomic E-state index is 12.9. The second-order valence-electron chi connectivity index (χ2n) is 7.39. The van der Waals surface area contributed by atoms with Crippen LogP contribution in [0.1, 0.15) is 23.1 Å². The molecule has 1 aromatic heterocycles. The number of rotatable bonds is 6. The third-order valence-corrected chi connectivity index (χ3v) is 8.27. The van der Waals surface area contributed by atoms with E-state index in [1.807, 2.05) is 31.2 Å². The minimum Gasteiger partial charge on any atom is -0.384 e. The molecule has 7 nitrogen and oxygen atoms in total. The molecule has 0 bridgehead atoms. The summed E-state index contributed by atoms with van der Waals surface area (Å²) >= 11 is 1.20. The van der Waals surface area contributed by atoms with Gasteiger partial charge in [0, 0.05) is 23.4 Å². The van der Waals surface area contributed by atoms with Gasteiger partial charge in [0.05, 0.1) is 0 Å². The molecule has 1 atom stereocenters. The SMILES string of the molecule is Cc1cccc2sc(S(=O)(=O)N[C@H]3CCN(Cc4cccc(C(=N)N)c4)C3=O)cc12. The van der Waals surface area contributed by atoms with Crippen LogP contribution in [-0.2, 0) is 21.4 Å². The Labute approximate surface area is 179 Å². The molecule has 2 aromatic carbocycles. The zero-order valence-electron chi connectivity index (χ0n) is 16.4. The van der Waals surface area contributed by atoms with Gasteiger partial charge in [-0.2, -0.15) is 4.72 Å². The smallest absolute Gasteiger partial charge is 0.250 e. The lowest BCUT2D eigenvalue weighted by molar-refractivity contribution is -0.129. The Hall–Kier alpha value is -2.75. The molecule has 0 saturated carbocycles. The minimum atomic E-state index is -3.79. The number of amides is 1. The van der Waals surface area contributed by atoms with Crippen molar-refractivity contribution in [2.45, 2.75) is 30.1 Å². The van der Waals surface area contributed by atoms with Gasteiger partial charge in [0.1, 0.15) is 16.1 Å². The number of amidine groups is 1. The van der Waals surface area contributed by atoms with E-state index in [2.05, 4.69) is 4.72 Å². The van der Waals surface area contributed by atoms with Gasteiger partial charge in [-0.15, -0.1) is 11.3 Å². The molecule has 3 aromatic rings. The average Bonchev–Trinajstić information content (AvgIpc) is 3.29. The second kappa shape index (κ2) is 7.82. The van der Waals surface area contributed by atoms with Gasteiger partial charge < -0.3 is 10.6 Å². The van der Waals surface area contributed by atoms with Gasteiger partial charge >= 0.3 is 0 Å². The fraction of sp³-hybridized carbons (Fsp3) is 0.238. The van der Waals surface area contributed by atoms with Gasteiger partial charge in [0.15, 0.2) is 0 Å². The van der Waals surface area contributed by atoms with E-state index in [0.29, 0.717) is 25.1 Å². The molecule has 0 radical (unpaired) electrons. The minimum absolute atomic E-state index is 0.0335. The van der Waals surface area contributed by atoms with E-state index in [-0.39, 0.29) is 16.0 Å². The van der Waals surface area contributed by atoms with Crippen molar-refractivity contribution in [3.8, 4) is 0 Å². The van der Waals surface area contributed by atoms with Crippen molar-refractivity contribution in [2.75, 3.05) is 6.54 Å². The topological polar surface area (TPSA) is 116 Å². The number of nitrogens with zero attached hydrogens (tertiary/aromatic N) is 1.